The number of H-pyrrole nitrogens is 1. The van der Waals surface area contributed by atoms with Crippen molar-refractivity contribution >= 4 is 21.6 Å². The Kier molecular flexibility index (Phi) is 2.11. The number of nitrogens with one attached hydrogen (secondary N) is 1. The molecule has 4 heteroatoms. The second-order valence-electron chi connectivity index (χ2n) is 3.07. The molecule has 0 unspecified atom stereocenters. The van der Waals surface area contributed by atoms with Crippen LogP contribution in [0.4, 0.5) is 5.69 Å². The maximum atomic E-state index is 9.32. The number of aliphatic hydroxyl groups excluding tert-OH is 1. The molecule has 0 bridgehead atoms. The molecule has 2 rings (SSSR count). The molecule has 1 saturated heterocycles. The van der Waals surface area contributed by atoms with Gasteiger partial charge in [0.25, 0.3) is 0 Å². The normalized spacial score (nSPS) is 23.5. The van der Waals surface area contributed by atoms with E-state index in [1.54, 1.807) is 0 Å². The summed E-state index contributed by atoms with van der Waals surface area (Å²) in [5.41, 5.74) is 1.14. The van der Waals surface area contributed by atoms with Crippen molar-refractivity contribution in [2.75, 3.05) is 18.0 Å². The van der Waals surface area contributed by atoms with E-state index in [0.717, 1.165) is 29.8 Å². The Morgan fingerprint density at radius 3 is 3.00 bits per heavy atom. The fourth-order valence-corrected chi connectivity index (χ4v) is 2.06. The number of aromatic amines is 1. The van der Waals surface area contributed by atoms with Crippen molar-refractivity contribution in [1.29, 1.82) is 0 Å². The van der Waals surface area contributed by atoms with E-state index >= 15 is 0 Å². The number of β-amino-alcohol motifs (C(OH)–C–C–N with tert-alkyl or cyclic N) is 1. The first-order valence-corrected chi connectivity index (χ1v) is 4.82. The van der Waals surface area contributed by atoms with Gasteiger partial charge in [-0.1, -0.05) is 0 Å². The van der Waals surface area contributed by atoms with Crippen LogP contribution in [0, 0.1) is 0 Å². The van der Waals surface area contributed by atoms with E-state index in [1.165, 1.54) is 0 Å². The second-order valence-corrected chi connectivity index (χ2v) is 3.86. The number of anilines is 1. The van der Waals surface area contributed by atoms with Crippen molar-refractivity contribution in [3.8, 4) is 0 Å². The Hall–Kier alpha value is -0.480. The Morgan fingerprint density at radius 2 is 2.50 bits per heavy atom. The number of rotatable bonds is 1. The minimum Gasteiger partial charge on any atom is -0.391 e. The van der Waals surface area contributed by atoms with Crippen molar-refractivity contribution < 1.29 is 5.11 Å². The van der Waals surface area contributed by atoms with Gasteiger partial charge in [0, 0.05) is 19.3 Å². The molecule has 0 amide bonds. The summed E-state index contributed by atoms with van der Waals surface area (Å²) in [4.78, 5) is 5.23. The number of nitrogens with zero attached hydrogens (tertiary/aromatic N) is 1. The number of aliphatic hydroxyl groups is 1. The molecule has 3 nitrogen and oxygen atoms in total. The quantitative estimate of drug-likeness (QED) is 0.765. The molecular formula is C8H11BrN2O. The molecule has 1 aromatic rings. The molecule has 0 radical (unpaired) electrons. The highest BCUT2D eigenvalue weighted by Crippen LogP contribution is 2.27. The van der Waals surface area contributed by atoms with Gasteiger partial charge in [0.15, 0.2) is 0 Å². The van der Waals surface area contributed by atoms with Gasteiger partial charge in [-0.25, -0.2) is 0 Å². The van der Waals surface area contributed by atoms with Crippen LogP contribution >= 0.6 is 15.9 Å². The molecule has 1 aliphatic heterocycles. The van der Waals surface area contributed by atoms with E-state index in [2.05, 4.69) is 25.8 Å². The maximum absolute atomic E-state index is 9.32. The van der Waals surface area contributed by atoms with Crippen LogP contribution in [0.1, 0.15) is 6.42 Å². The van der Waals surface area contributed by atoms with E-state index in [1.807, 2.05) is 12.3 Å². The van der Waals surface area contributed by atoms with E-state index in [-0.39, 0.29) is 6.10 Å². The number of aromatic nitrogens is 1. The van der Waals surface area contributed by atoms with Gasteiger partial charge < -0.3 is 15.0 Å². The summed E-state index contributed by atoms with van der Waals surface area (Å²) in [6, 6.07) is 2.02. The average molecular weight is 231 g/mol. The van der Waals surface area contributed by atoms with Crippen LogP contribution < -0.4 is 4.90 Å². The van der Waals surface area contributed by atoms with Crippen molar-refractivity contribution in [3.63, 3.8) is 0 Å². The van der Waals surface area contributed by atoms with E-state index in [9.17, 15) is 5.11 Å². The highest BCUT2D eigenvalue weighted by atomic mass is 79.9. The Labute approximate surface area is 79.5 Å². The summed E-state index contributed by atoms with van der Waals surface area (Å²) in [6.07, 6.45) is 2.61. The zero-order valence-electron chi connectivity index (χ0n) is 6.63. The molecule has 0 aromatic carbocycles. The maximum Gasteiger partial charge on any atom is 0.106 e. The molecule has 2 N–H and O–H groups in total. The summed E-state index contributed by atoms with van der Waals surface area (Å²) in [5.74, 6) is 0. The molecule has 2 heterocycles. The Bertz CT molecular complexity index is 274. The van der Waals surface area contributed by atoms with E-state index in [4.69, 9.17) is 0 Å². The van der Waals surface area contributed by atoms with Crippen LogP contribution in [0.15, 0.2) is 16.9 Å². The van der Waals surface area contributed by atoms with E-state index in [0.29, 0.717) is 0 Å². The molecule has 12 heavy (non-hydrogen) atoms. The molecule has 66 valence electrons. The molecule has 1 fully saturated rings. The Balaban J connectivity index is 2.16. The van der Waals surface area contributed by atoms with Gasteiger partial charge in [0.05, 0.1) is 11.8 Å². The summed E-state index contributed by atoms with van der Waals surface area (Å²) in [7, 11) is 0. The highest BCUT2D eigenvalue weighted by molar-refractivity contribution is 9.10. The lowest BCUT2D eigenvalue weighted by molar-refractivity contribution is 0.198. The third kappa shape index (κ3) is 1.36. The summed E-state index contributed by atoms with van der Waals surface area (Å²) < 4.78 is 0.997. The monoisotopic (exact) mass is 230 g/mol. The molecule has 0 aliphatic carbocycles. The van der Waals surface area contributed by atoms with Crippen molar-refractivity contribution in [2.45, 2.75) is 12.5 Å². The first kappa shape index (κ1) is 8.13. The van der Waals surface area contributed by atoms with Gasteiger partial charge in [-0.2, -0.15) is 0 Å². The molecule has 1 aromatic heterocycles. The molecule has 0 spiro atoms. The topological polar surface area (TPSA) is 39.3 Å². The number of hydrogen-bond donors (Lipinski definition) is 2. The zero-order chi connectivity index (χ0) is 8.55. The first-order chi connectivity index (χ1) is 5.77. The molecule has 1 atom stereocenters. The largest absolute Gasteiger partial charge is 0.391 e. The van der Waals surface area contributed by atoms with Crippen LogP contribution in [0.2, 0.25) is 0 Å². The fourth-order valence-electron chi connectivity index (χ4n) is 1.55. The molecular weight excluding hydrogens is 220 g/mol. The lowest BCUT2D eigenvalue weighted by Gasteiger charge is -2.15. The predicted molar refractivity (Wildman–Crippen MR) is 51.3 cm³/mol. The lowest BCUT2D eigenvalue weighted by Crippen LogP contribution is -2.20. The summed E-state index contributed by atoms with van der Waals surface area (Å²) in [6.45, 7) is 1.69. The van der Waals surface area contributed by atoms with Gasteiger partial charge in [0.2, 0.25) is 0 Å². The first-order valence-electron chi connectivity index (χ1n) is 4.03. The van der Waals surface area contributed by atoms with Crippen LogP contribution in [0.3, 0.4) is 0 Å². The van der Waals surface area contributed by atoms with Gasteiger partial charge in [-0.05, 0) is 28.4 Å². The van der Waals surface area contributed by atoms with Crippen LogP contribution in [0.25, 0.3) is 0 Å². The van der Waals surface area contributed by atoms with Gasteiger partial charge >= 0.3 is 0 Å². The predicted octanol–water partition coefficient (Wildman–Crippen LogP) is 1.35. The average Bonchev–Trinajstić information content (AvgIpc) is 2.58. The summed E-state index contributed by atoms with van der Waals surface area (Å²) >= 11 is 3.42. The second kappa shape index (κ2) is 3.11. The van der Waals surface area contributed by atoms with Crippen molar-refractivity contribution in [3.05, 3.63) is 16.9 Å². The van der Waals surface area contributed by atoms with Gasteiger partial charge in [-0.15, -0.1) is 0 Å². The van der Waals surface area contributed by atoms with Crippen molar-refractivity contribution in [1.82, 2.24) is 4.98 Å². The van der Waals surface area contributed by atoms with Crippen LogP contribution in [-0.4, -0.2) is 29.3 Å². The molecule has 1 aliphatic rings. The molecule has 0 saturated carbocycles. The Morgan fingerprint density at radius 1 is 1.67 bits per heavy atom. The minimum atomic E-state index is -0.160. The summed E-state index contributed by atoms with van der Waals surface area (Å²) in [5, 5.41) is 9.32. The zero-order valence-corrected chi connectivity index (χ0v) is 8.21. The lowest BCUT2D eigenvalue weighted by atomic mass is 10.3. The SMILES string of the molecule is O[C@@H]1CCN(c2cc[nH]c2Br)C1. The third-order valence-corrected chi connectivity index (χ3v) is 2.82. The van der Waals surface area contributed by atoms with Gasteiger partial charge in [0.1, 0.15) is 4.60 Å². The third-order valence-electron chi connectivity index (χ3n) is 2.18. The minimum absolute atomic E-state index is 0.160. The van der Waals surface area contributed by atoms with Crippen molar-refractivity contribution in [2.24, 2.45) is 0 Å². The smallest absolute Gasteiger partial charge is 0.106 e. The fraction of sp³-hybridized carbons (Fsp3) is 0.500. The van der Waals surface area contributed by atoms with Crippen LogP contribution in [0.5, 0.6) is 0 Å². The van der Waals surface area contributed by atoms with Crippen LogP contribution in [-0.2, 0) is 0 Å². The highest BCUT2D eigenvalue weighted by Gasteiger charge is 2.21. The number of halogens is 1. The number of hydrogen-bond acceptors (Lipinski definition) is 2. The van der Waals surface area contributed by atoms with Gasteiger partial charge in [-0.3, -0.25) is 0 Å². The van der Waals surface area contributed by atoms with E-state index < -0.39 is 0 Å². The standard InChI is InChI=1S/C8H11BrN2O/c9-8-7(1-3-10-8)11-4-2-6(12)5-11/h1,3,6,10,12H,2,4-5H2/t6-/m1/s1.